The summed E-state index contributed by atoms with van der Waals surface area (Å²) in [5, 5.41) is 0. The van der Waals surface area contributed by atoms with Crippen molar-refractivity contribution >= 4 is 16.9 Å². The summed E-state index contributed by atoms with van der Waals surface area (Å²) in [5.74, 6) is 0.175. The lowest BCUT2D eigenvalue weighted by molar-refractivity contribution is -0.128. The Balaban J connectivity index is 1.98. The summed E-state index contributed by atoms with van der Waals surface area (Å²) in [5.41, 5.74) is 2.14. The Hall–Kier alpha value is -1.84. The molecule has 1 heterocycles. The van der Waals surface area contributed by atoms with Gasteiger partial charge in [-0.15, -0.1) is 0 Å². The minimum Gasteiger partial charge on any atom is -0.349 e. The molecule has 0 aliphatic heterocycles. The maximum atomic E-state index is 11.4. The smallest absolute Gasteiger partial charge is 0.222 e. The topological polar surface area (TPSA) is 38.1 Å². The summed E-state index contributed by atoms with van der Waals surface area (Å²) in [6.07, 6.45) is 3.27. The van der Waals surface area contributed by atoms with Crippen LogP contribution in [0.2, 0.25) is 0 Å². The number of amides is 1. The highest BCUT2D eigenvalue weighted by Crippen LogP contribution is 2.12. The lowest BCUT2D eigenvalue weighted by atomic mass is 10.2. The highest BCUT2D eigenvalue weighted by Gasteiger charge is 2.05. The third kappa shape index (κ3) is 2.64. The second-order valence-corrected chi connectivity index (χ2v) is 4.32. The molecule has 0 fully saturated rings. The van der Waals surface area contributed by atoms with Crippen LogP contribution in [0.4, 0.5) is 0 Å². The molecular formula is C13H17N3O. The fraction of sp³-hybridized carbons (Fsp3) is 0.385. The van der Waals surface area contributed by atoms with Gasteiger partial charge in [-0.1, -0.05) is 12.1 Å². The van der Waals surface area contributed by atoms with Gasteiger partial charge < -0.3 is 9.47 Å². The second-order valence-electron chi connectivity index (χ2n) is 4.32. The number of fused-ring (bicyclic) bond motifs is 1. The number of rotatable bonds is 4. The van der Waals surface area contributed by atoms with Crippen LogP contribution < -0.4 is 0 Å². The zero-order valence-corrected chi connectivity index (χ0v) is 10.3. The number of benzene rings is 1. The molecule has 0 spiro atoms. The number of hydrogen-bond acceptors (Lipinski definition) is 2. The summed E-state index contributed by atoms with van der Waals surface area (Å²) >= 11 is 0. The minimum atomic E-state index is 0.175. The van der Waals surface area contributed by atoms with E-state index in [0.29, 0.717) is 6.42 Å². The number of nitrogens with zero attached hydrogens (tertiary/aromatic N) is 3. The summed E-state index contributed by atoms with van der Waals surface area (Å²) in [4.78, 5) is 17.4. The van der Waals surface area contributed by atoms with E-state index in [-0.39, 0.29) is 5.91 Å². The van der Waals surface area contributed by atoms with Gasteiger partial charge in [0.15, 0.2) is 0 Å². The Morgan fingerprint density at radius 1 is 1.35 bits per heavy atom. The first-order chi connectivity index (χ1) is 8.18. The molecule has 0 unspecified atom stereocenters. The second kappa shape index (κ2) is 4.99. The van der Waals surface area contributed by atoms with Crippen molar-refractivity contribution in [2.45, 2.75) is 19.4 Å². The Morgan fingerprint density at radius 3 is 2.88 bits per heavy atom. The molecule has 0 radical (unpaired) electrons. The molecule has 0 atom stereocenters. The van der Waals surface area contributed by atoms with Gasteiger partial charge in [0.05, 0.1) is 17.4 Å². The predicted octanol–water partition coefficient (Wildman–Crippen LogP) is 1.90. The van der Waals surface area contributed by atoms with Crippen LogP contribution in [0.5, 0.6) is 0 Å². The zero-order valence-electron chi connectivity index (χ0n) is 10.3. The van der Waals surface area contributed by atoms with Gasteiger partial charge >= 0.3 is 0 Å². The first-order valence-electron chi connectivity index (χ1n) is 5.78. The predicted molar refractivity (Wildman–Crippen MR) is 67.7 cm³/mol. The molecule has 2 aromatic rings. The zero-order chi connectivity index (χ0) is 12.3. The molecule has 2 rings (SSSR count). The van der Waals surface area contributed by atoms with Crippen molar-refractivity contribution in [3.8, 4) is 0 Å². The molecule has 1 aromatic heterocycles. The third-order valence-electron chi connectivity index (χ3n) is 2.82. The first-order valence-corrected chi connectivity index (χ1v) is 5.78. The number of hydrogen-bond donors (Lipinski definition) is 0. The van der Waals surface area contributed by atoms with E-state index in [0.717, 1.165) is 24.0 Å². The Morgan fingerprint density at radius 2 is 2.12 bits per heavy atom. The molecular weight excluding hydrogens is 214 g/mol. The van der Waals surface area contributed by atoms with Crippen molar-refractivity contribution in [1.82, 2.24) is 14.5 Å². The van der Waals surface area contributed by atoms with Crippen LogP contribution in [0, 0.1) is 0 Å². The number of aromatic nitrogens is 2. The normalized spacial score (nSPS) is 10.7. The molecule has 0 bridgehead atoms. The molecule has 1 amide bonds. The van der Waals surface area contributed by atoms with Gasteiger partial charge in [0.25, 0.3) is 0 Å². The van der Waals surface area contributed by atoms with E-state index in [1.165, 1.54) is 0 Å². The van der Waals surface area contributed by atoms with Crippen LogP contribution in [0.25, 0.3) is 11.0 Å². The van der Waals surface area contributed by atoms with Crippen molar-refractivity contribution in [2.75, 3.05) is 14.1 Å². The van der Waals surface area contributed by atoms with Crippen LogP contribution in [0.1, 0.15) is 12.8 Å². The van der Waals surface area contributed by atoms with Crippen LogP contribution in [0.15, 0.2) is 30.6 Å². The van der Waals surface area contributed by atoms with Gasteiger partial charge in [-0.05, 0) is 18.6 Å². The number of imidazole rings is 1. The highest BCUT2D eigenvalue weighted by molar-refractivity contribution is 5.76. The molecule has 17 heavy (non-hydrogen) atoms. The lowest BCUT2D eigenvalue weighted by Gasteiger charge is -2.10. The van der Waals surface area contributed by atoms with Crippen LogP contribution in [-0.4, -0.2) is 34.5 Å². The largest absolute Gasteiger partial charge is 0.349 e. The van der Waals surface area contributed by atoms with E-state index in [2.05, 4.69) is 15.6 Å². The van der Waals surface area contributed by atoms with Crippen molar-refractivity contribution < 1.29 is 4.79 Å². The maximum absolute atomic E-state index is 11.4. The van der Waals surface area contributed by atoms with E-state index in [1.807, 2.05) is 24.5 Å². The molecule has 4 heteroatoms. The first kappa shape index (κ1) is 11.6. The summed E-state index contributed by atoms with van der Waals surface area (Å²) in [7, 11) is 3.57. The van der Waals surface area contributed by atoms with Gasteiger partial charge in [-0.25, -0.2) is 4.98 Å². The molecule has 4 nitrogen and oxygen atoms in total. The van der Waals surface area contributed by atoms with E-state index < -0.39 is 0 Å². The van der Waals surface area contributed by atoms with Crippen LogP contribution in [-0.2, 0) is 11.3 Å². The molecule has 0 saturated carbocycles. The Bertz CT molecular complexity index is 516. The van der Waals surface area contributed by atoms with Gasteiger partial charge in [0.1, 0.15) is 0 Å². The van der Waals surface area contributed by atoms with Gasteiger partial charge in [0.2, 0.25) is 5.91 Å². The monoisotopic (exact) mass is 231 g/mol. The molecule has 0 saturated heterocycles. The standard InChI is InChI=1S/C13H17N3O/c1-15(2)13(17)8-5-9-16-10-14-11-6-3-4-7-12(11)16/h3-4,6-7,10H,5,8-9H2,1-2H3. The third-order valence-corrected chi connectivity index (χ3v) is 2.82. The van der Waals surface area contributed by atoms with E-state index in [1.54, 1.807) is 19.0 Å². The Kier molecular flexibility index (Phi) is 3.42. The summed E-state index contributed by atoms with van der Waals surface area (Å²) in [6.45, 7) is 0.833. The minimum absolute atomic E-state index is 0.175. The quantitative estimate of drug-likeness (QED) is 0.806. The Labute approximate surface area is 101 Å². The van der Waals surface area contributed by atoms with Crippen molar-refractivity contribution in [3.63, 3.8) is 0 Å². The highest BCUT2D eigenvalue weighted by atomic mass is 16.2. The van der Waals surface area contributed by atoms with Gasteiger partial charge in [-0.2, -0.15) is 0 Å². The van der Waals surface area contributed by atoms with E-state index in [4.69, 9.17) is 0 Å². The van der Waals surface area contributed by atoms with Crippen molar-refractivity contribution in [1.29, 1.82) is 0 Å². The van der Waals surface area contributed by atoms with Crippen molar-refractivity contribution in [2.24, 2.45) is 0 Å². The fourth-order valence-corrected chi connectivity index (χ4v) is 1.81. The molecule has 0 aliphatic rings. The molecule has 90 valence electrons. The molecule has 0 aliphatic carbocycles. The SMILES string of the molecule is CN(C)C(=O)CCCn1cnc2ccccc21. The van der Waals surface area contributed by atoms with Crippen LogP contribution in [0.3, 0.4) is 0 Å². The van der Waals surface area contributed by atoms with Crippen molar-refractivity contribution in [3.05, 3.63) is 30.6 Å². The molecule has 1 aromatic carbocycles. The number of carbonyl (C=O) groups is 1. The van der Waals surface area contributed by atoms with Gasteiger partial charge in [-0.3, -0.25) is 4.79 Å². The lowest BCUT2D eigenvalue weighted by Crippen LogP contribution is -2.21. The fourth-order valence-electron chi connectivity index (χ4n) is 1.81. The van der Waals surface area contributed by atoms with Crippen LogP contribution >= 0.6 is 0 Å². The maximum Gasteiger partial charge on any atom is 0.222 e. The number of aryl methyl sites for hydroxylation is 1. The molecule has 0 N–H and O–H groups in total. The summed E-state index contributed by atoms with van der Waals surface area (Å²) in [6, 6.07) is 8.04. The average molecular weight is 231 g/mol. The number of para-hydroxylation sites is 2. The summed E-state index contributed by atoms with van der Waals surface area (Å²) < 4.78 is 2.10. The average Bonchev–Trinajstić information content (AvgIpc) is 2.72. The number of carbonyl (C=O) groups excluding carboxylic acids is 1. The van der Waals surface area contributed by atoms with Gasteiger partial charge in [0, 0.05) is 27.1 Å². The van der Waals surface area contributed by atoms with E-state index in [9.17, 15) is 4.79 Å². The van der Waals surface area contributed by atoms with E-state index >= 15 is 0 Å².